The summed E-state index contributed by atoms with van der Waals surface area (Å²) in [6.45, 7) is 1.75. The van der Waals surface area contributed by atoms with Crippen LogP contribution in [0.15, 0.2) is 90.2 Å². The van der Waals surface area contributed by atoms with E-state index in [1.807, 2.05) is 48.5 Å². The third-order valence-corrected chi connectivity index (χ3v) is 8.79. The molecule has 2 aromatic carbocycles. The van der Waals surface area contributed by atoms with Crippen LogP contribution in [-0.2, 0) is 17.3 Å². The van der Waals surface area contributed by atoms with Crippen LogP contribution >= 0.6 is 0 Å². The molecular formula is C33H29N9O4S. The fourth-order valence-electron chi connectivity index (χ4n) is 5.36. The van der Waals surface area contributed by atoms with E-state index < -0.39 is 22.2 Å². The van der Waals surface area contributed by atoms with Gasteiger partial charge in [-0.15, -0.1) is 5.10 Å². The Morgan fingerprint density at radius 3 is 2.62 bits per heavy atom. The molecule has 4 aromatic heterocycles. The number of nitrogens with one attached hydrogen (secondary N) is 3. The lowest BCUT2D eigenvalue weighted by Gasteiger charge is -2.21. The molecule has 1 aliphatic rings. The van der Waals surface area contributed by atoms with E-state index in [1.165, 1.54) is 10.7 Å². The van der Waals surface area contributed by atoms with Crippen molar-refractivity contribution in [3.63, 3.8) is 0 Å². The quantitative estimate of drug-likeness (QED) is 0.214. The van der Waals surface area contributed by atoms with E-state index in [-0.39, 0.29) is 28.6 Å². The lowest BCUT2D eigenvalue weighted by atomic mass is 10.0. The smallest absolute Gasteiger partial charge is 0.300 e. The minimum absolute atomic E-state index is 0.0546. The number of pyridine rings is 1. The molecule has 0 spiro atoms. The van der Waals surface area contributed by atoms with E-state index in [4.69, 9.17) is 0 Å². The van der Waals surface area contributed by atoms with Crippen LogP contribution in [0.25, 0.3) is 22.1 Å². The van der Waals surface area contributed by atoms with Crippen molar-refractivity contribution in [3.05, 3.63) is 118 Å². The minimum Gasteiger partial charge on any atom is -0.344 e. The molecule has 13 nitrogen and oxygen atoms in total. The molecule has 0 bridgehead atoms. The van der Waals surface area contributed by atoms with Gasteiger partial charge in [0, 0.05) is 48.6 Å². The van der Waals surface area contributed by atoms with Gasteiger partial charge in [0.1, 0.15) is 5.56 Å². The number of aromatic nitrogens is 6. The second-order valence-electron chi connectivity index (χ2n) is 11.3. The highest BCUT2D eigenvalue weighted by Crippen LogP contribution is 2.26. The van der Waals surface area contributed by atoms with E-state index in [9.17, 15) is 18.0 Å². The number of hydrogen-bond acceptors (Lipinski definition) is 7. The first kappa shape index (κ1) is 29.9. The second-order valence-corrected chi connectivity index (χ2v) is 12.7. The summed E-state index contributed by atoms with van der Waals surface area (Å²) in [6, 6.07) is 17.2. The number of fused-ring (bicyclic) bond motifs is 2. The van der Waals surface area contributed by atoms with Crippen molar-refractivity contribution in [2.75, 3.05) is 4.72 Å². The van der Waals surface area contributed by atoms with Gasteiger partial charge in [0.25, 0.3) is 11.5 Å². The molecular weight excluding hydrogens is 618 g/mol. The van der Waals surface area contributed by atoms with Crippen LogP contribution in [-0.4, -0.2) is 49.3 Å². The number of amides is 1. The van der Waals surface area contributed by atoms with Crippen LogP contribution < -0.4 is 20.3 Å². The summed E-state index contributed by atoms with van der Waals surface area (Å²) in [4.78, 5) is 32.6. The summed E-state index contributed by atoms with van der Waals surface area (Å²) < 4.78 is 35.1. The van der Waals surface area contributed by atoms with Gasteiger partial charge in [-0.3, -0.25) is 23.6 Å². The summed E-state index contributed by atoms with van der Waals surface area (Å²) in [5, 5.41) is 12.5. The van der Waals surface area contributed by atoms with Gasteiger partial charge >= 0.3 is 10.2 Å². The number of aryl methyl sites for hydroxylation is 1. The van der Waals surface area contributed by atoms with E-state index >= 15 is 0 Å². The normalized spacial score (nSPS) is 13.7. The molecule has 14 heteroatoms. The van der Waals surface area contributed by atoms with Crippen LogP contribution in [0.4, 0.5) is 5.82 Å². The lowest BCUT2D eigenvalue weighted by molar-refractivity contribution is 0.0941. The Bertz CT molecular complexity index is 2400. The maximum Gasteiger partial charge on any atom is 0.300 e. The molecule has 236 valence electrons. The average molecular weight is 648 g/mol. The maximum absolute atomic E-state index is 14.3. The van der Waals surface area contributed by atoms with Gasteiger partial charge < -0.3 is 5.32 Å². The second kappa shape index (κ2) is 11.9. The number of benzene rings is 2. The highest BCUT2D eigenvalue weighted by molar-refractivity contribution is 7.90. The molecule has 1 saturated carbocycles. The van der Waals surface area contributed by atoms with Crippen molar-refractivity contribution in [1.29, 1.82) is 0 Å². The van der Waals surface area contributed by atoms with Crippen LogP contribution in [0.2, 0.25) is 0 Å². The van der Waals surface area contributed by atoms with Crippen molar-refractivity contribution in [3.8, 4) is 17.5 Å². The van der Waals surface area contributed by atoms with Crippen molar-refractivity contribution < 1.29 is 13.2 Å². The predicted molar refractivity (Wildman–Crippen MR) is 176 cm³/mol. The van der Waals surface area contributed by atoms with Crippen molar-refractivity contribution in [1.82, 2.24) is 39.0 Å². The highest BCUT2D eigenvalue weighted by atomic mass is 32.2. The van der Waals surface area contributed by atoms with Gasteiger partial charge in [-0.25, -0.2) is 9.50 Å². The van der Waals surface area contributed by atoms with Gasteiger partial charge in [0.05, 0.1) is 23.2 Å². The maximum atomic E-state index is 14.3. The summed E-state index contributed by atoms with van der Waals surface area (Å²) in [7, 11) is -2.19. The number of carbonyl (C=O) groups excluding carboxylic acids is 1. The highest BCUT2D eigenvalue weighted by Gasteiger charge is 2.30. The van der Waals surface area contributed by atoms with Crippen molar-refractivity contribution in [2.24, 2.45) is 7.05 Å². The SMILES string of the molecule is C[C@H](NC(=O)c1c(NS(=O)(=O)NC2CC2)nn2cccnc12)c1cc2cccc(C#Cc3cnn(C)c3)c2c(=O)n1-c1ccccc1. The summed E-state index contributed by atoms with van der Waals surface area (Å²) in [5.74, 6) is 5.42. The fourth-order valence-corrected chi connectivity index (χ4v) is 6.49. The number of anilines is 1. The number of hydrogen-bond donors (Lipinski definition) is 3. The number of para-hydroxylation sites is 1. The predicted octanol–water partition coefficient (Wildman–Crippen LogP) is 3.07. The molecule has 1 fully saturated rings. The fraction of sp³-hybridized carbons (Fsp3) is 0.182. The Labute approximate surface area is 269 Å². The number of carbonyl (C=O) groups is 1. The first-order chi connectivity index (χ1) is 22.7. The van der Waals surface area contributed by atoms with E-state index in [2.05, 4.69) is 41.8 Å². The van der Waals surface area contributed by atoms with E-state index in [1.54, 1.807) is 53.9 Å². The molecule has 6 aromatic rings. The molecule has 0 saturated heterocycles. The van der Waals surface area contributed by atoms with Gasteiger partial charge in [0.2, 0.25) is 0 Å². The topological polar surface area (TPSA) is 157 Å². The molecule has 7 rings (SSSR count). The summed E-state index contributed by atoms with van der Waals surface area (Å²) in [5.41, 5.74) is 2.17. The standard InChI is InChI=1S/C33H29N9O4S/c1-21(36-32(43)29-30(37-41-17-7-16-34-31(29)41)39-47(45,46)38-25-14-15-25)27-18-24-9-6-8-23(13-12-22-19-35-40(2)20-22)28(24)33(44)42(27)26-10-4-3-5-11-26/h3-11,16-21,25,38H,14-15H2,1-2H3,(H,36,43)(H,37,39)/t21-/m0/s1. The zero-order valence-electron chi connectivity index (χ0n) is 25.4. The molecule has 0 unspecified atom stereocenters. The first-order valence-corrected chi connectivity index (χ1v) is 16.3. The number of nitrogens with zero attached hydrogens (tertiary/aromatic N) is 6. The Morgan fingerprint density at radius 2 is 1.87 bits per heavy atom. The molecule has 3 N–H and O–H groups in total. The number of rotatable bonds is 8. The Morgan fingerprint density at radius 1 is 1.06 bits per heavy atom. The molecule has 4 heterocycles. The molecule has 47 heavy (non-hydrogen) atoms. The van der Waals surface area contributed by atoms with Gasteiger partial charge in [0.15, 0.2) is 11.5 Å². The van der Waals surface area contributed by atoms with Gasteiger partial charge in [-0.2, -0.15) is 18.2 Å². The molecule has 0 aliphatic heterocycles. The summed E-state index contributed by atoms with van der Waals surface area (Å²) >= 11 is 0. The molecule has 1 aliphatic carbocycles. The van der Waals surface area contributed by atoms with Crippen molar-refractivity contribution in [2.45, 2.75) is 31.8 Å². The first-order valence-electron chi connectivity index (χ1n) is 14.9. The van der Waals surface area contributed by atoms with Crippen LogP contribution in [0, 0.1) is 11.8 Å². The van der Waals surface area contributed by atoms with E-state index in [0.717, 1.165) is 12.8 Å². The Hall–Kier alpha value is -5.78. The Balaban J connectivity index is 1.30. The monoisotopic (exact) mass is 647 g/mol. The molecule has 1 amide bonds. The van der Waals surface area contributed by atoms with Gasteiger partial charge in [-0.1, -0.05) is 42.2 Å². The van der Waals surface area contributed by atoms with E-state index in [0.29, 0.717) is 33.3 Å². The largest absolute Gasteiger partial charge is 0.344 e. The molecule has 1 atom stereocenters. The summed E-state index contributed by atoms with van der Waals surface area (Å²) in [6.07, 6.45) is 7.99. The molecule has 0 radical (unpaired) electrons. The van der Waals surface area contributed by atoms with Gasteiger partial charge in [-0.05, 0) is 55.5 Å². The van der Waals surface area contributed by atoms with Crippen LogP contribution in [0.3, 0.4) is 0 Å². The third-order valence-electron chi connectivity index (χ3n) is 7.68. The zero-order valence-corrected chi connectivity index (χ0v) is 26.2. The minimum atomic E-state index is -4.00. The van der Waals surface area contributed by atoms with Crippen molar-refractivity contribution >= 4 is 38.4 Å². The average Bonchev–Trinajstić information content (AvgIpc) is 3.63. The Kier molecular flexibility index (Phi) is 7.55. The lowest BCUT2D eigenvalue weighted by Crippen LogP contribution is -2.34. The van der Waals surface area contributed by atoms with Crippen LogP contribution in [0.5, 0.6) is 0 Å². The zero-order chi connectivity index (χ0) is 32.7. The van der Waals surface area contributed by atoms with Crippen LogP contribution in [0.1, 0.15) is 53.0 Å². The third kappa shape index (κ3) is 6.09.